The van der Waals surface area contributed by atoms with Crippen LogP contribution in [0.15, 0.2) is 103 Å². The first-order chi connectivity index (χ1) is 21.0. The molecule has 3 aromatic heterocycles. The van der Waals surface area contributed by atoms with Crippen LogP contribution >= 0.6 is 0 Å². The average molecular weight is 555 g/mol. The van der Waals surface area contributed by atoms with E-state index >= 15 is 0 Å². The molecule has 0 bridgehead atoms. The quantitative estimate of drug-likeness (QED) is 0.213. The zero-order valence-electron chi connectivity index (χ0n) is 24.5. The number of nitrogens with zero attached hydrogens (tertiary/aromatic N) is 4. The first kappa shape index (κ1) is 24.4. The van der Waals surface area contributed by atoms with Gasteiger partial charge in [-0.15, -0.1) is 0 Å². The van der Waals surface area contributed by atoms with Crippen LogP contribution < -0.4 is 0 Å². The zero-order valence-corrected chi connectivity index (χ0v) is 24.5. The molecule has 5 aromatic carbocycles. The van der Waals surface area contributed by atoms with Crippen LogP contribution in [0.3, 0.4) is 0 Å². The molecule has 4 nitrogen and oxygen atoms in total. The Hall–Kier alpha value is -5.22. The van der Waals surface area contributed by atoms with E-state index in [1.807, 2.05) is 0 Å². The fraction of sp³-hybridized carbons (Fsp3) is 0.128. The lowest BCUT2D eigenvalue weighted by atomic mass is 9.87. The molecule has 0 fully saturated rings. The van der Waals surface area contributed by atoms with Gasteiger partial charge in [-0.1, -0.05) is 84.8 Å². The first-order valence-electron chi connectivity index (χ1n) is 15.1. The normalized spacial score (nSPS) is 14.9. The van der Waals surface area contributed by atoms with Crippen molar-refractivity contribution in [3.63, 3.8) is 0 Å². The Kier molecular flexibility index (Phi) is 5.04. The number of fused-ring (bicyclic) bond motifs is 10. The van der Waals surface area contributed by atoms with Gasteiger partial charge in [0.25, 0.3) is 0 Å². The standard InChI is InChI=1S/C39H30N4/c1-23-12-13-26-14-17-36-37(30(26)21-23)31-22-27(28-19-24(2)18-25(3)20-28)15-16-34(31)42(36)39-41-32-9-5-4-8-29(32)38-40-33-10-6-7-11-35(33)43(38)39/h4-20,22-23H,21H2,1-3H3. The molecule has 1 unspecified atom stereocenters. The SMILES string of the molecule is Cc1cc(C)cc(-c2ccc3c(c2)c2c4c(ccc2n3-c2nc3ccccc3c3nc5ccccc5n23)C=CC(C)C4)c1. The predicted octanol–water partition coefficient (Wildman–Crippen LogP) is 9.62. The van der Waals surface area contributed by atoms with E-state index in [0.717, 1.165) is 45.5 Å². The molecular formula is C39H30N4. The van der Waals surface area contributed by atoms with E-state index in [2.05, 4.69) is 139 Å². The van der Waals surface area contributed by atoms with Crippen LogP contribution in [0.25, 0.3) is 72.5 Å². The topological polar surface area (TPSA) is 35.1 Å². The van der Waals surface area contributed by atoms with Crippen LogP contribution in [0.2, 0.25) is 0 Å². The predicted molar refractivity (Wildman–Crippen MR) is 179 cm³/mol. The Morgan fingerprint density at radius 3 is 2.30 bits per heavy atom. The van der Waals surface area contributed by atoms with E-state index in [1.165, 1.54) is 49.7 Å². The number of aromatic nitrogens is 4. The minimum atomic E-state index is 0.488. The van der Waals surface area contributed by atoms with E-state index in [9.17, 15) is 0 Å². The smallest absolute Gasteiger partial charge is 0.221 e. The van der Waals surface area contributed by atoms with Gasteiger partial charge in [0.2, 0.25) is 5.95 Å². The number of aryl methyl sites for hydroxylation is 2. The second-order valence-electron chi connectivity index (χ2n) is 12.2. The molecule has 0 radical (unpaired) electrons. The highest BCUT2D eigenvalue weighted by molar-refractivity contribution is 6.13. The molecule has 1 atom stereocenters. The number of benzene rings is 5. The van der Waals surface area contributed by atoms with Gasteiger partial charge in [-0.25, -0.2) is 9.97 Å². The molecule has 0 N–H and O–H groups in total. The maximum Gasteiger partial charge on any atom is 0.221 e. The third-order valence-electron chi connectivity index (χ3n) is 9.09. The summed E-state index contributed by atoms with van der Waals surface area (Å²) in [6.07, 6.45) is 5.65. The summed E-state index contributed by atoms with van der Waals surface area (Å²) in [4.78, 5) is 10.5. The van der Waals surface area contributed by atoms with Crippen LogP contribution in [0.5, 0.6) is 0 Å². The number of allylic oxidation sites excluding steroid dienone is 1. The number of para-hydroxylation sites is 3. The van der Waals surface area contributed by atoms with Crippen LogP contribution in [-0.4, -0.2) is 18.9 Å². The number of rotatable bonds is 2. The molecule has 206 valence electrons. The Morgan fingerprint density at radius 2 is 1.44 bits per heavy atom. The molecule has 43 heavy (non-hydrogen) atoms. The molecule has 9 rings (SSSR count). The average Bonchev–Trinajstić information content (AvgIpc) is 3.56. The second kappa shape index (κ2) is 8.89. The molecule has 3 heterocycles. The van der Waals surface area contributed by atoms with E-state index in [4.69, 9.17) is 9.97 Å². The molecule has 0 saturated heterocycles. The van der Waals surface area contributed by atoms with Gasteiger partial charge in [0, 0.05) is 16.2 Å². The van der Waals surface area contributed by atoms with Crippen molar-refractivity contribution >= 4 is 55.5 Å². The van der Waals surface area contributed by atoms with Crippen molar-refractivity contribution in [3.05, 3.63) is 125 Å². The van der Waals surface area contributed by atoms with Gasteiger partial charge in [0.1, 0.15) is 5.65 Å². The molecule has 4 heteroatoms. The summed E-state index contributed by atoms with van der Waals surface area (Å²) in [7, 11) is 0. The minimum Gasteiger partial charge on any atom is -0.279 e. The van der Waals surface area contributed by atoms with E-state index in [1.54, 1.807) is 0 Å². The third kappa shape index (κ3) is 3.56. The van der Waals surface area contributed by atoms with Crippen molar-refractivity contribution in [2.24, 2.45) is 5.92 Å². The van der Waals surface area contributed by atoms with Gasteiger partial charge >= 0.3 is 0 Å². The largest absolute Gasteiger partial charge is 0.279 e. The van der Waals surface area contributed by atoms with Gasteiger partial charge in [-0.05, 0) is 90.9 Å². The summed E-state index contributed by atoms with van der Waals surface area (Å²) in [5.41, 5.74) is 14.0. The fourth-order valence-corrected chi connectivity index (χ4v) is 7.25. The molecular weight excluding hydrogens is 524 g/mol. The molecule has 8 aromatic rings. The zero-order chi connectivity index (χ0) is 28.8. The summed E-state index contributed by atoms with van der Waals surface area (Å²) >= 11 is 0. The minimum absolute atomic E-state index is 0.488. The number of hydrogen-bond donors (Lipinski definition) is 0. The van der Waals surface area contributed by atoms with E-state index in [-0.39, 0.29) is 0 Å². The highest BCUT2D eigenvalue weighted by atomic mass is 15.2. The third-order valence-corrected chi connectivity index (χ3v) is 9.09. The van der Waals surface area contributed by atoms with E-state index in [0.29, 0.717) is 5.92 Å². The van der Waals surface area contributed by atoms with Gasteiger partial charge in [-0.3, -0.25) is 8.97 Å². The molecule has 1 aliphatic rings. The summed E-state index contributed by atoms with van der Waals surface area (Å²) in [6.45, 7) is 6.67. The number of imidazole rings is 1. The van der Waals surface area contributed by atoms with Gasteiger partial charge in [0.05, 0.1) is 27.6 Å². The van der Waals surface area contributed by atoms with Crippen molar-refractivity contribution in [1.82, 2.24) is 18.9 Å². The van der Waals surface area contributed by atoms with E-state index < -0.39 is 0 Å². The van der Waals surface area contributed by atoms with Crippen LogP contribution in [0.1, 0.15) is 29.2 Å². The lowest BCUT2D eigenvalue weighted by molar-refractivity contribution is 0.721. The highest BCUT2D eigenvalue weighted by Gasteiger charge is 2.24. The van der Waals surface area contributed by atoms with Crippen molar-refractivity contribution in [2.45, 2.75) is 27.2 Å². The fourth-order valence-electron chi connectivity index (χ4n) is 7.25. The molecule has 0 spiro atoms. The molecule has 0 saturated carbocycles. The molecule has 0 amide bonds. The Labute approximate surface area is 249 Å². The summed E-state index contributed by atoms with van der Waals surface area (Å²) in [6, 6.07) is 35.1. The van der Waals surface area contributed by atoms with Crippen LogP contribution in [0.4, 0.5) is 0 Å². The van der Waals surface area contributed by atoms with Crippen molar-refractivity contribution in [3.8, 4) is 17.1 Å². The van der Waals surface area contributed by atoms with Gasteiger partial charge < -0.3 is 0 Å². The lowest BCUT2D eigenvalue weighted by Gasteiger charge is -2.17. The second-order valence-corrected chi connectivity index (χ2v) is 12.2. The summed E-state index contributed by atoms with van der Waals surface area (Å²) in [5, 5.41) is 3.64. The number of hydrogen-bond acceptors (Lipinski definition) is 2. The molecule has 0 aliphatic heterocycles. The highest BCUT2D eigenvalue weighted by Crippen LogP contribution is 2.41. The monoisotopic (exact) mass is 554 g/mol. The Morgan fingerprint density at radius 1 is 0.674 bits per heavy atom. The maximum absolute atomic E-state index is 5.37. The first-order valence-corrected chi connectivity index (χ1v) is 15.1. The van der Waals surface area contributed by atoms with Gasteiger partial charge in [0.15, 0.2) is 0 Å². The van der Waals surface area contributed by atoms with Gasteiger partial charge in [-0.2, -0.15) is 0 Å². The Balaban J connectivity index is 1.46. The lowest BCUT2D eigenvalue weighted by Crippen LogP contribution is -2.07. The summed E-state index contributed by atoms with van der Waals surface area (Å²) in [5.74, 6) is 1.35. The summed E-state index contributed by atoms with van der Waals surface area (Å²) < 4.78 is 4.61. The van der Waals surface area contributed by atoms with Crippen molar-refractivity contribution < 1.29 is 0 Å². The van der Waals surface area contributed by atoms with Crippen molar-refractivity contribution in [1.29, 1.82) is 0 Å². The van der Waals surface area contributed by atoms with Crippen LogP contribution in [0, 0.1) is 19.8 Å². The molecule has 1 aliphatic carbocycles. The van der Waals surface area contributed by atoms with Crippen LogP contribution in [-0.2, 0) is 6.42 Å². The maximum atomic E-state index is 5.37. The van der Waals surface area contributed by atoms with Crippen molar-refractivity contribution in [2.75, 3.05) is 0 Å². The Bertz CT molecular complexity index is 2450.